The Labute approximate surface area is 116 Å². The van der Waals surface area contributed by atoms with E-state index >= 15 is 0 Å². The molecule has 1 saturated carbocycles. The fourth-order valence-corrected chi connectivity index (χ4v) is 3.08. The predicted octanol–water partition coefficient (Wildman–Crippen LogP) is 3.36. The zero-order chi connectivity index (χ0) is 13.2. The van der Waals surface area contributed by atoms with Crippen molar-refractivity contribution in [1.82, 2.24) is 0 Å². The Hall–Kier alpha value is -0.870. The normalized spacial score (nSPS) is 18.4. The summed E-state index contributed by atoms with van der Waals surface area (Å²) in [5.74, 6) is -0.0558. The largest absolute Gasteiger partial charge is 0.324 e. The van der Waals surface area contributed by atoms with Gasteiger partial charge in [-0.2, -0.15) is 0 Å². The molecule has 3 nitrogen and oxygen atoms in total. The number of amides is 1. The molecule has 0 unspecified atom stereocenters. The van der Waals surface area contributed by atoms with Crippen molar-refractivity contribution in [2.24, 2.45) is 5.73 Å². The molecule has 1 aliphatic carbocycles. The van der Waals surface area contributed by atoms with E-state index in [1.165, 1.54) is 6.42 Å². The lowest BCUT2D eigenvalue weighted by molar-refractivity contribution is -0.122. The van der Waals surface area contributed by atoms with E-state index in [2.05, 4.69) is 21.2 Å². The lowest BCUT2D eigenvalue weighted by Gasteiger charge is -2.31. The maximum absolute atomic E-state index is 12.3. The third kappa shape index (κ3) is 3.12. The van der Waals surface area contributed by atoms with Gasteiger partial charge in [0.05, 0.1) is 5.54 Å². The van der Waals surface area contributed by atoms with E-state index in [0.717, 1.165) is 41.4 Å². The molecule has 18 heavy (non-hydrogen) atoms. The topological polar surface area (TPSA) is 55.1 Å². The summed E-state index contributed by atoms with van der Waals surface area (Å²) in [7, 11) is 0. The second-order valence-electron chi connectivity index (χ2n) is 5.19. The minimum absolute atomic E-state index is 0.0558. The molecule has 0 aromatic heterocycles. The Morgan fingerprint density at radius 1 is 1.28 bits per heavy atom. The van der Waals surface area contributed by atoms with Crippen LogP contribution < -0.4 is 11.1 Å². The van der Waals surface area contributed by atoms with Gasteiger partial charge in [-0.25, -0.2) is 0 Å². The predicted molar refractivity (Wildman–Crippen MR) is 77.5 cm³/mol. The Morgan fingerprint density at radius 2 is 1.94 bits per heavy atom. The molecule has 0 aliphatic heterocycles. The molecule has 0 bridgehead atoms. The summed E-state index contributed by atoms with van der Waals surface area (Å²) < 4.78 is 0.965. The lowest BCUT2D eigenvalue weighted by Crippen LogP contribution is -2.52. The summed E-state index contributed by atoms with van der Waals surface area (Å²) in [6, 6.07) is 5.86. The highest BCUT2D eigenvalue weighted by Crippen LogP contribution is 2.28. The molecule has 4 heteroatoms. The lowest BCUT2D eigenvalue weighted by atomic mass is 9.82. The second kappa shape index (κ2) is 5.41. The van der Waals surface area contributed by atoms with Crippen LogP contribution in [0.5, 0.6) is 0 Å². The van der Waals surface area contributed by atoms with Gasteiger partial charge in [0.25, 0.3) is 0 Å². The summed E-state index contributed by atoms with van der Waals surface area (Å²) in [6.45, 7) is 2.00. The first kappa shape index (κ1) is 13.6. The van der Waals surface area contributed by atoms with Crippen LogP contribution >= 0.6 is 15.9 Å². The monoisotopic (exact) mass is 310 g/mol. The van der Waals surface area contributed by atoms with Gasteiger partial charge in [-0.1, -0.05) is 35.2 Å². The third-order valence-electron chi connectivity index (χ3n) is 3.50. The van der Waals surface area contributed by atoms with E-state index in [-0.39, 0.29) is 5.91 Å². The van der Waals surface area contributed by atoms with Crippen molar-refractivity contribution in [2.45, 2.75) is 44.6 Å². The number of carbonyl (C=O) groups excluding carboxylic acids is 1. The SMILES string of the molecule is Cc1cc(Br)cc(NC(=O)C2(N)CCCCC2)c1. The van der Waals surface area contributed by atoms with Crippen molar-refractivity contribution in [1.29, 1.82) is 0 Å². The van der Waals surface area contributed by atoms with E-state index < -0.39 is 5.54 Å². The molecule has 0 saturated heterocycles. The first-order chi connectivity index (χ1) is 8.49. The molecule has 0 radical (unpaired) electrons. The molecule has 1 aromatic carbocycles. The van der Waals surface area contributed by atoms with Gasteiger partial charge in [0.15, 0.2) is 0 Å². The van der Waals surface area contributed by atoms with Crippen LogP contribution in [0, 0.1) is 6.92 Å². The summed E-state index contributed by atoms with van der Waals surface area (Å²) in [5.41, 5.74) is 7.43. The maximum atomic E-state index is 12.3. The van der Waals surface area contributed by atoms with E-state index in [1.807, 2.05) is 25.1 Å². The molecule has 98 valence electrons. The minimum Gasteiger partial charge on any atom is -0.324 e. The number of hydrogen-bond donors (Lipinski definition) is 2. The number of anilines is 1. The number of aryl methyl sites for hydroxylation is 1. The smallest absolute Gasteiger partial charge is 0.244 e. The Balaban J connectivity index is 2.10. The quantitative estimate of drug-likeness (QED) is 0.880. The fraction of sp³-hybridized carbons (Fsp3) is 0.500. The third-order valence-corrected chi connectivity index (χ3v) is 3.96. The molecule has 2 rings (SSSR count). The highest BCUT2D eigenvalue weighted by Gasteiger charge is 2.35. The van der Waals surface area contributed by atoms with Crippen molar-refractivity contribution in [3.05, 3.63) is 28.2 Å². The summed E-state index contributed by atoms with van der Waals surface area (Å²) in [6.07, 6.45) is 4.84. The molecule has 1 aromatic rings. The first-order valence-corrected chi connectivity index (χ1v) is 7.16. The average molecular weight is 311 g/mol. The zero-order valence-corrected chi connectivity index (χ0v) is 12.2. The molecular formula is C14H19BrN2O. The minimum atomic E-state index is -0.686. The number of benzene rings is 1. The highest BCUT2D eigenvalue weighted by atomic mass is 79.9. The number of hydrogen-bond acceptors (Lipinski definition) is 2. The molecule has 0 heterocycles. The van der Waals surface area contributed by atoms with Crippen LogP contribution in [0.1, 0.15) is 37.7 Å². The van der Waals surface area contributed by atoms with Gasteiger partial charge < -0.3 is 11.1 Å². The zero-order valence-electron chi connectivity index (χ0n) is 10.6. The van der Waals surface area contributed by atoms with Crippen LogP contribution in [0.3, 0.4) is 0 Å². The van der Waals surface area contributed by atoms with Crippen LogP contribution in [-0.2, 0) is 4.79 Å². The second-order valence-corrected chi connectivity index (χ2v) is 6.10. The van der Waals surface area contributed by atoms with Gasteiger partial charge in [0.1, 0.15) is 0 Å². The molecular weight excluding hydrogens is 292 g/mol. The van der Waals surface area contributed by atoms with Crippen molar-refractivity contribution in [3.63, 3.8) is 0 Å². The van der Waals surface area contributed by atoms with Crippen molar-refractivity contribution >= 4 is 27.5 Å². The van der Waals surface area contributed by atoms with Crippen LogP contribution in [0.15, 0.2) is 22.7 Å². The van der Waals surface area contributed by atoms with Crippen molar-refractivity contribution in [2.75, 3.05) is 5.32 Å². The van der Waals surface area contributed by atoms with Gasteiger partial charge in [0.2, 0.25) is 5.91 Å². The van der Waals surface area contributed by atoms with E-state index in [4.69, 9.17) is 5.73 Å². The number of nitrogens with two attached hydrogens (primary N) is 1. The van der Waals surface area contributed by atoms with E-state index in [0.29, 0.717) is 0 Å². The first-order valence-electron chi connectivity index (χ1n) is 6.37. The Morgan fingerprint density at radius 3 is 2.56 bits per heavy atom. The molecule has 1 fully saturated rings. The number of halogens is 1. The summed E-state index contributed by atoms with van der Waals surface area (Å²) in [5, 5.41) is 2.94. The van der Waals surface area contributed by atoms with Gasteiger partial charge in [-0.3, -0.25) is 4.79 Å². The van der Waals surface area contributed by atoms with Gasteiger partial charge in [-0.05, 0) is 43.5 Å². The van der Waals surface area contributed by atoms with E-state index in [9.17, 15) is 4.79 Å². The highest BCUT2D eigenvalue weighted by molar-refractivity contribution is 9.10. The van der Waals surface area contributed by atoms with Gasteiger partial charge in [-0.15, -0.1) is 0 Å². The van der Waals surface area contributed by atoms with Crippen molar-refractivity contribution in [3.8, 4) is 0 Å². The Kier molecular flexibility index (Phi) is 4.07. The fourth-order valence-electron chi connectivity index (χ4n) is 2.47. The number of carbonyl (C=O) groups is 1. The maximum Gasteiger partial charge on any atom is 0.244 e. The van der Waals surface area contributed by atoms with Gasteiger partial charge >= 0.3 is 0 Å². The summed E-state index contributed by atoms with van der Waals surface area (Å²) >= 11 is 3.43. The molecule has 0 spiro atoms. The number of nitrogens with one attached hydrogen (secondary N) is 1. The molecule has 3 N–H and O–H groups in total. The van der Waals surface area contributed by atoms with Crippen molar-refractivity contribution < 1.29 is 4.79 Å². The summed E-state index contributed by atoms with van der Waals surface area (Å²) in [4.78, 5) is 12.3. The van der Waals surface area contributed by atoms with Gasteiger partial charge in [0, 0.05) is 10.2 Å². The molecule has 1 amide bonds. The van der Waals surface area contributed by atoms with Crippen LogP contribution in [0.2, 0.25) is 0 Å². The standard InChI is InChI=1S/C14H19BrN2O/c1-10-7-11(15)9-12(8-10)17-13(18)14(16)5-3-2-4-6-14/h7-9H,2-6,16H2,1H3,(H,17,18). The van der Waals surface area contributed by atoms with Crippen LogP contribution in [0.25, 0.3) is 0 Å². The Bertz CT molecular complexity index is 433. The van der Waals surface area contributed by atoms with Crippen LogP contribution in [-0.4, -0.2) is 11.4 Å². The van der Waals surface area contributed by atoms with E-state index in [1.54, 1.807) is 0 Å². The number of rotatable bonds is 2. The average Bonchev–Trinajstić information content (AvgIpc) is 2.28. The van der Waals surface area contributed by atoms with Crippen LogP contribution in [0.4, 0.5) is 5.69 Å². The molecule has 1 aliphatic rings. The molecule has 0 atom stereocenters.